The van der Waals surface area contributed by atoms with Crippen LogP contribution in [0.1, 0.15) is 0 Å². The van der Waals surface area contributed by atoms with Crippen LogP contribution < -0.4 is 10.6 Å². The van der Waals surface area contributed by atoms with E-state index in [1.54, 1.807) is 19.3 Å². The van der Waals surface area contributed by atoms with Crippen LogP contribution in [0.4, 0.5) is 28.8 Å². The Morgan fingerprint density at radius 2 is 1.95 bits per heavy atom. The van der Waals surface area contributed by atoms with Gasteiger partial charge in [-0.05, 0) is 22.0 Å². The summed E-state index contributed by atoms with van der Waals surface area (Å²) in [5.74, 6) is 1.05. The van der Waals surface area contributed by atoms with Crippen molar-refractivity contribution < 1.29 is 0 Å². The average molecular weight is 406 g/mol. The van der Waals surface area contributed by atoms with Crippen molar-refractivity contribution in [2.75, 3.05) is 17.7 Å². The van der Waals surface area contributed by atoms with Gasteiger partial charge < -0.3 is 10.6 Å². The molecule has 6 nitrogen and oxygen atoms in total. The molecule has 0 unspecified atom stereocenters. The molecule has 108 valence electrons. The molecule has 10 heteroatoms. The van der Waals surface area contributed by atoms with Gasteiger partial charge in [0.1, 0.15) is 17.2 Å². The molecule has 1 aliphatic rings. The minimum absolute atomic E-state index is 0.441. The Labute approximate surface area is 142 Å². The minimum atomic E-state index is 0.441. The van der Waals surface area contributed by atoms with Crippen LogP contribution in [0.2, 0.25) is 10.0 Å². The third-order valence-corrected chi connectivity index (χ3v) is 4.35. The number of hydrogen-bond acceptors (Lipinski definition) is 6. The first-order valence-electron chi connectivity index (χ1n) is 5.67. The maximum atomic E-state index is 6.26. The van der Waals surface area contributed by atoms with Gasteiger partial charge in [-0.1, -0.05) is 23.2 Å². The van der Waals surface area contributed by atoms with E-state index in [1.165, 1.54) is 0 Å². The normalized spacial score (nSPS) is 12.0. The van der Waals surface area contributed by atoms with Gasteiger partial charge in [-0.25, -0.2) is 4.98 Å². The first-order chi connectivity index (χ1) is 10.1. The Bertz CT molecular complexity index is 806. The topological polar surface area (TPSA) is 74.6 Å². The van der Waals surface area contributed by atoms with Gasteiger partial charge in [0.15, 0.2) is 0 Å². The van der Waals surface area contributed by atoms with Gasteiger partial charge in [0.05, 0.1) is 31.6 Å². The molecule has 2 N–H and O–H groups in total. The highest BCUT2D eigenvalue weighted by atomic mass is 79.9. The smallest absolute Gasteiger partial charge is 0.224 e. The fourth-order valence-corrected chi connectivity index (χ4v) is 3.14. The molecule has 1 aromatic heterocycles. The van der Waals surface area contributed by atoms with Gasteiger partial charge in [0.25, 0.3) is 0 Å². The fraction of sp³-hybridized carbons (Fsp3) is 0.0909. The Balaban J connectivity index is 2.08. The van der Waals surface area contributed by atoms with E-state index >= 15 is 0 Å². The summed E-state index contributed by atoms with van der Waals surface area (Å²) in [7, 11) is 1.74. The number of anilines is 3. The van der Waals surface area contributed by atoms with E-state index in [9.17, 15) is 0 Å². The van der Waals surface area contributed by atoms with Gasteiger partial charge in [0, 0.05) is 13.2 Å². The molecule has 0 saturated heterocycles. The second-order valence-corrected chi connectivity index (χ2v) is 6.14. The number of rotatable bonds is 3. The molecular weight excluding hydrogens is 399 g/mol. The van der Waals surface area contributed by atoms with Crippen molar-refractivity contribution in [1.29, 1.82) is 0 Å². The van der Waals surface area contributed by atoms with Gasteiger partial charge in [-0.2, -0.15) is 13.7 Å². The second kappa shape index (κ2) is 5.88. The van der Waals surface area contributed by atoms with E-state index in [2.05, 4.69) is 45.3 Å². The maximum absolute atomic E-state index is 6.26. The van der Waals surface area contributed by atoms with Crippen LogP contribution in [0.15, 0.2) is 25.5 Å². The number of nitrogens with zero attached hydrogens (tertiary/aromatic N) is 4. The third-order valence-electron chi connectivity index (χ3n) is 2.65. The number of aromatic nitrogens is 2. The quantitative estimate of drug-likeness (QED) is 0.638. The zero-order chi connectivity index (χ0) is 15.0. The number of halogens is 3. The third kappa shape index (κ3) is 2.76. The highest BCUT2D eigenvalue weighted by Gasteiger charge is 2.20. The van der Waals surface area contributed by atoms with Crippen molar-refractivity contribution in [3.05, 3.63) is 26.8 Å². The maximum Gasteiger partial charge on any atom is 0.224 e. The monoisotopic (exact) mass is 404 g/mol. The fourth-order valence-electron chi connectivity index (χ4n) is 1.69. The molecule has 0 amide bonds. The van der Waals surface area contributed by atoms with E-state index in [0.29, 0.717) is 43.3 Å². The number of nitrogens with one attached hydrogen (secondary N) is 2. The van der Waals surface area contributed by atoms with E-state index in [4.69, 9.17) is 23.2 Å². The van der Waals surface area contributed by atoms with Crippen molar-refractivity contribution in [2.24, 2.45) is 8.73 Å². The molecule has 3 rings (SSSR count). The molecule has 0 spiro atoms. The Kier molecular flexibility index (Phi) is 4.12. The van der Waals surface area contributed by atoms with Crippen LogP contribution in [-0.4, -0.2) is 17.0 Å². The van der Waals surface area contributed by atoms with Crippen LogP contribution in [0.5, 0.6) is 0 Å². The highest BCUT2D eigenvalue weighted by molar-refractivity contribution is 9.10. The lowest BCUT2D eigenvalue weighted by atomic mass is 10.2. The second-order valence-electron chi connectivity index (χ2n) is 3.94. The Morgan fingerprint density at radius 3 is 2.71 bits per heavy atom. The largest absolute Gasteiger partial charge is 0.357 e. The number of benzene rings is 1. The first kappa shape index (κ1) is 14.7. The predicted molar refractivity (Wildman–Crippen MR) is 90.6 cm³/mol. The van der Waals surface area contributed by atoms with E-state index in [-0.39, 0.29) is 0 Å². The highest BCUT2D eigenvalue weighted by Crippen LogP contribution is 2.48. The Hall–Kier alpha value is -1.22. The zero-order valence-electron chi connectivity index (χ0n) is 10.5. The molecule has 0 aliphatic carbocycles. The van der Waals surface area contributed by atoms with Gasteiger partial charge in [-0.3, -0.25) is 0 Å². The molecule has 2 aromatic rings. The van der Waals surface area contributed by atoms with Gasteiger partial charge >= 0.3 is 0 Å². The van der Waals surface area contributed by atoms with Crippen LogP contribution in [0, 0.1) is 0 Å². The molecule has 21 heavy (non-hydrogen) atoms. The van der Waals surface area contributed by atoms with Crippen LogP contribution in [0.3, 0.4) is 0 Å². The van der Waals surface area contributed by atoms with Crippen LogP contribution in [0.25, 0.3) is 0 Å². The molecule has 0 radical (unpaired) electrons. The van der Waals surface area contributed by atoms with E-state index in [1.807, 2.05) is 0 Å². The lowest BCUT2D eigenvalue weighted by Crippen LogP contribution is -2.01. The van der Waals surface area contributed by atoms with E-state index < -0.39 is 0 Å². The molecule has 0 bridgehead atoms. The summed E-state index contributed by atoms with van der Waals surface area (Å²) in [6.07, 6.45) is 1.64. The SMILES string of the molecule is CNc1ncc(Br)c(Nc2c(Cl)cc(Cl)c3c2N=S=N3)n1. The summed E-state index contributed by atoms with van der Waals surface area (Å²) < 4.78 is 9.09. The van der Waals surface area contributed by atoms with Crippen molar-refractivity contribution >= 4 is 79.3 Å². The zero-order valence-corrected chi connectivity index (χ0v) is 14.4. The molecule has 1 aromatic carbocycles. The van der Waals surface area contributed by atoms with Crippen molar-refractivity contribution in [3.63, 3.8) is 0 Å². The average Bonchev–Trinajstić information content (AvgIpc) is 2.95. The summed E-state index contributed by atoms with van der Waals surface area (Å²) in [6.45, 7) is 0. The summed E-state index contributed by atoms with van der Waals surface area (Å²) in [5, 5.41) is 6.93. The molecule has 0 atom stereocenters. The first-order valence-corrected chi connectivity index (χ1v) is 7.95. The van der Waals surface area contributed by atoms with Crippen molar-refractivity contribution in [3.8, 4) is 0 Å². The molecule has 2 heterocycles. The molecular formula is C11H7BrCl2N6S. The summed E-state index contributed by atoms with van der Waals surface area (Å²) >= 11 is 16.8. The molecule has 0 fully saturated rings. The van der Waals surface area contributed by atoms with Crippen molar-refractivity contribution in [2.45, 2.75) is 0 Å². The Morgan fingerprint density at radius 1 is 1.19 bits per heavy atom. The van der Waals surface area contributed by atoms with Crippen LogP contribution >= 0.6 is 39.1 Å². The molecule has 1 aliphatic heterocycles. The lowest BCUT2D eigenvalue weighted by Gasteiger charge is -2.13. The summed E-state index contributed by atoms with van der Waals surface area (Å²) in [5.41, 5.74) is 1.81. The van der Waals surface area contributed by atoms with E-state index in [0.717, 1.165) is 11.4 Å². The standard InChI is InChI=1S/C11H7BrCl2N6S/c1-15-11-16-3-4(12)10(18-11)17-7-5(13)2-6(14)8-9(7)20-21-19-8/h2-3H,1H3,(H2,15,16,17,18). The summed E-state index contributed by atoms with van der Waals surface area (Å²) in [6, 6.07) is 1.63. The molecule has 0 saturated carbocycles. The summed E-state index contributed by atoms with van der Waals surface area (Å²) in [4.78, 5) is 8.42. The van der Waals surface area contributed by atoms with Crippen LogP contribution in [-0.2, 0) is 11.4 Å². The van der Waals surface area contributed by atoms with Gasteiger partial charge in [0.2, 0.25) is 5.95 Å². The number of fused-ring (bicyclic) bond motifs is 1. The lowest BCUT2D eigenvalue weighted by molar-refractivity contribution is 1.14. The minimum Gasteiger partial charge on any atom is -0.357 e. The van der Waals surface area contributed by atoms with Crippen molar-refractivity contribution in [1.82, 2.24) is 9.97 Å². The van der Waals surface area contributed by atoms with Gasteiger partial charge in [-0.15, -0.1) is 0 Å². The number of hydrogen-bond donors (Lipinski definition) is 2. The predicted octanol–water partition coefficient (Wildman–Crippen LogP) is 5.06.